The molecule has 0 aromatic rings. The molecule has 0 saturated carbocycles. The van der Waals surface area contributed by atoms with Crippen molar-refractivity contribution in [2.75, 3.05) is 20.8 Å². The first-order chi connectivity index (χ1) is 8.92. The third kappa shape index (κ3) is 5.37. The summed E-state index contributed by atoms with van der Waals surface area (Å²) in [6.07, 6.45) is -4.99. The molecule has 0 amide bonds. The normalized spacial score (nSPS) is 31.6. The minimum absolute atomic E-state index is 0. The van der Waals surface area contributed by atoms with E-state index in [1.807, 2.05) is 0 Å². The summed E-state index contributed by atoms with van der Waals surface area (Å²) in [5.74, 6) is -0.562. The number of aliphatic hydroxyl groups excluding tert-OH is 2. The Balaban J connectivity index is 0. The van der Waals surface area contributed by atoms with Crippen molar-refractivity contribution in [2.45, 2.75) is 52.5 Å². The minimum Gasteiger partial charge on any atom is -0.459 e. The molecule has 0 aromatic carbocycles. The molecule has 2 N–H and O–H groups in total. The van der Waals surface area contributed by atoms with E-state index in [2.05, 4.69) is 6.58 Å². The Kier molecular flexibility index (Phi) is 10.5. The predicted octanol–water partition coefficient (Wildman–Crippen LogP) is 0.486. The van der Waals surface area contributed by atoms with Gasteiger partial charge >= 0.3 is 5.97 Å². The molecule has 5 unspecified atom stereocenters. The molecule has 7 heteroatoms. The third-order valence-corrected chi connectivity index (χ3v) is 2.87. The number of aliphatic hydroxyl groups is 2. The van der Waals surface area contributed by atoms with Gasteiger partial charge in [-0.2, -0.15) is 0 Å². The zero-order chi connectivity index (χ0) is 14.6. The maximum atomic E-state index is 11.3. The number of esters is 1. The van der Waals surface area contributed by atoms with Gasteiger partial charge in [0.2, 0.25) is 0 Å². The van der Waals surface area contributed by atoms with Crippen molar-refractivity contribution in [1.29, 1.82) is 0 Å². The molecule has 126 valence electrons. The molecule has 0 bridgehead atoms. The molecule has 21 heavy (non-hydrogen) atoms. The van der Waals surface area contributed by atoms with E-state index in [4.69, 9.17) is 18.9 Å². The van der Waals surface area contributed by atoms with E-state index >= 15 is 0 Å². The van der Waals surface area contributed by atoms with Crippen molar-refractivity contribution in [3.8, 4) is 0 Å². The highest BCUT2D eigenvalue weighted by Gasteiger charge is 2.45. The predicted molar refractivity (Wildman–Crippen MR) is 77.7 cm³/mol. The van der Waals surface area contributed by atoms with Crippen molar-refractivity contribution >= 4 is 5.97 Å². The molecule has 1 aliphatic rings. The van der Waals surface area contributed by atoms with Crippen LogP contribution in [0.25, 0.3) is 0 Å². The maximum absolute atomic E-state index is 11.3. The van der Waals surface area contributed by atoms with Gasteiger partial charge in [-0.3, -0.25) is 0 Å². The van der Waals surface area contributed by atoms with Gasteiger partial charge < -0.3 is 29.2 Å². The quantitative estimate of drug-likeness (QED) is 0.563. The van der Waals surface area contributed by atoms with Gasteiger partial charge in [0.15, 0.2) is 6.29 Å². The summed E-state index contributed by atoms with van der Waals surface area (Å²) in [6.45, 7) is 4.85. The highest BCUT2D eigenvalue weighted by atomic mass is 16.7. The van der Waals surface area contributed by atoms with Crippen molar-refractivity contribution in [3.63, 3.8) is 0 Å². The number of hydrogen-bond acceptors (Lipinski definition) is 7. The molecular formula is C14H28O7. The van der Waals surface area contributed by atoms with Gasteiger partial charge in [-0.1, -0.05) is 21.4 Å². The van der Waals surface area contributed by atoms with Gasteiger partial charge in [-0.05, 0) is 6.92 Å². The Labute approximate surface area is 126 Å². The van der Waals surface area contributed by atoms with Crippen LogP contribution in [0.1, 0.15) is 21.8 Å². The van der Waals surface area contributed by atoms with Gasteiger partial charge in [0.25, 0.3) is 0 Å². The number of methoxy groups -OCH3 is 2. The minimum atomic E-state index is -1.23. The molecule has 0 aromatic heterocycles. The molecule has 0 radical (unpaired) electrons. The number of ether oxygens (including phenoxy) is 4. The van der Waals surface area contributed by atoms with Crippen LogP contribution in [0.5, 0.6) is 0 Å². The summed E-state index contributed by atoms with van der Waals surface area (Å²) < 4.78 is 20.3. The Hall–Kier alpha value is -0.990. The van der Waals surface area contributed by atoms with E-state index in [1.54, 1.807) is 0 Å². The van der Waals surface area contributed by atoms with Gasteiger partial charge in [0.05, 0.1) is 0 Å². The topological polar surface area (TPSA) is 94.5 Å². The lowest BCUT2D eigenvalue weighted by Crippen LogP contribution is -2.59. The van der Waals surface area contributed by atoms with E-state index in [1.165, 1.54) is 21.1 Å². The van der Waals surface area contributed by atoms with E-state index in [0.29, 0.717) is 0 Å². The summed E-state index contributed by atoms with van der Waals surface area (Å²) >= 11 is 0. The van der Waals surface area contributed by atoms with Crippen LogP contribution in [-0.4, -0.2) is 67.7 Å². The van der Waals surface area contributed by atoms with Crippen LogP contribution >= 0.6 is 0 Å². The molecule has 1 saturated heterocycles. The van der Waals surface area contributed by atoms with Crippen LogP contribution in [0.3, 0.4) is 0 Å². The van der Waals surface area contributed by atoms with Crippen molar-refractivity contribution < 1.29 is 34.0 Å². The first-order valence-electron chi connectivity index (χ1n) is 5.82. The van der Waals surface area contributed by atoms with Gasteiger partial charge in [-0.15, -0.1) is 0 Å². The van der Waals surface area contributed by atoms with Crippen LogP contribution in [0, 0.1) is 0 Å². The number of carbonyl (C=O) groups excluding carboxylic acids is 1. The fourth-order valence-corrected chi connectivity index (χ4v) is 1.81. The summed E-state index contributed by atoms with van der Waals surface area (Å²) in [5, 5.41) is 19.6. The second kappa shape index (κ2) is 9.86. The van der Waals surface area contributed by atoms with E-state index < -0.39 is 36.7 Å². The molecule has 1 heterocycles. The molecule has 0 spiro atoms. The number of carbonyl (C=O) groups is 1. The van der Waals surface area contributed by atoms with E-state index in [-0.39, 0.29) is 27.0 Å². The standard InChI is InChI=1S/C12H20O7.2CH4/c1-6(2)11(15)18-5-7-10(16-3)8(13)9(14)12(17-4)19-7;;/h7-10,12-14H,1,5H2,2-4H3;2*1H4. The highest BCUT2D eigenvalue weighted by molar-refractivity contribution is 5.86. The summed E-state index contributed by atoms with van der Waals surface area (Å²) in [7, 11) is 2.70. The number of hydrogen-bond donors (Lipinski definition) is 2. The average molecular weight is 308 g/mol. The zero-order valence-corrected chi connectivity index (χ0v) is 11.2. The van der Waals surface area contributed by atoms with Crippen LogP contribution in [-0.2, 0) is 23.7 Å². The molecular weight excluding hydrogens is 280 g/mol. The monoisotopic (exact) mass is 308 g/mol. The highest BCUT2D eigenvalue weighted by Crippen LogP contribution is 2.24. The average Bonchev–Trinajstić information content (AvgIpc) is 2.39. The van der Waals surface area contributed by atoms with Gasteiger partial charge in [-0.25, -0.2) is 4.79 Å². The van der Waals surface area contributed by atoms with Crippen LogP contribution in [0.15, 0.2) is 12.2 Å². The van der Waals surface area contributed by atoms with Crippen LogP contribution < -0.4 is 0 Å². The maximum Gasteiger partial charge on any atom is 0.333 e. The lowest BCUT2D eigenvalue weighted by Gasteiger charge is -2.41. The van der Waals surface area contributed by atoms with Gasteiger partial charge in [0.1, 0.15) is 31.0 Å². The fraction of sp³-hybridized carbons (Fsp3) is 0.786. The SMILES string of the molecule is C.C.C=C(C)C(=O)OCC1OC(OC)C(O)C(O)C1OC. The number of rotatable bonds is 5. The Bertz CT molecular complexity index is 331. The zero-order valence-electron chi connectivity index (χ0n) is 11.2. The Morgan fingerprint density at radius 2 is 1.76 bits per heavy atom. The summed E-state index contributed by atoms with van der Waals surface area (Å²) in [6, 6.07) is 0. The lowest BCUT2D eigenvalue weighted by molar-refractivity contribution is -0.298. The molecule has 1 fully saturated rings. The van der Waals surface area contributed by atoms with Gasteiger partial charge in [0, 0.05) is 19.8 Å². The third-order valence-electron chi connectivity index (χ3n) is 2.87. The molecule has 1 aliphatic heterocycles. The Morgan fingerprint density at radius 3 is 2.19 bits per heavy atom. The Morgan fingerprint density at radius 1 is 1.19 bits per heavy atom. The second-order valence-corrected chi connectivity index (χ2v) is 4.34. The second-order valence-electron chi connectivity index (χ2n) is 4.34. The summed E-state index contributed by atoms with van der Waals surface area (Å²) in [5.41, 5.74) is 0.258. The molecule has 7 nitrogen and oxygen atoms in total. The molecule has 1 rings (SSSR count). The first kappa shape index (κ1) is 22.3. The molecule has 0 aliphatic carbocycles. The summed E-state index contributed by atoms with van der Waals surface area (Å²) in [4.78, 5) is 11.3. The van der Waals surface area contributed by atoms with Crippen LogP contribution in [0.2, 0.25) is 0 Å². The van der Waals surface area contributed by atoms with Crippen molar-refractivity contribution in [2.24, 2.45) is 0 Å². The van der Waals surface area contributed by atoms with E-state index in [9.17, 15) is 15.0 Å². The molecule has 5 atom stereocenters. The lowest BCUT2D eigenvalue weighted by atomic mass is 9.99. The van der Waals surface area contributed by atoms with E-state index in [0.717, 1.165) is 0 Å². The largest absolute Gasteiger partial charge is 0.459 e. The smallest absolute Gasteiger partial charge is 0.333 e. The fourth-order valence-electron chi connectivity index (χ4n) is 1.81. The van der Waals surface area contributed by atoms with Crippen molar-refractivity contribution in [1.82, 2.24) is 0 Å². The van der Waals surface area contributed by atoms with Crippen LogP contribution in [0.4, 0.5) is 0 Å². The first-order valence-corrected chi connectivity index (χ1v) is 5.82. The van der Waals surface area contributed by atoms with Crippen molar-refractivity contribution in [3.05, 3.63) is 12.2 Å².